The molecule has 0 aliphatic rings. The number of benzene rings is 1. The quantitative estimate of drug-likeness (QED) is 0.635. The predicted octanol–water partition coefficient (Wildman–Crippen LogP) is 3.53. The number of nitrogens with one attached hydrogen (secondary N) is 2. The molecule has 2 aromatic rings. The summed E-state index contributed by atoms with van der Waals surface area (Å²) in [4.78, 5) is 30.9. The van der Waals surface area contributed by atoms with Crippen molar-refractivity contribution < 1.29 is 14.3 Å². The van der Waals surface area contributed by atoms with Crippen molar-refractivity contribution in [2.75, 3.05) is 32.1 Å². The van der Waals surface area contributed by atoms with Gasteiger partial charge in [0.15, 0.2) is 0 Å². The Bertz CT molecular complexity index is 778. The van der Waals surface area contributed by atoms with E-state index in [1.54, 1.807) is 17.4 Å². The van der Waals surface area contributed by atoms with E-state index in [1.807, 2.05) is 38.1 Å². The molecule has 0 spiro atoms. The number of methoxy groups -OCH3 is 1. The highest BCUT2D eigenvalue weighted by Crippen LogP contribution is 2.18. The van der Waals surface area contributed by atoms with Crippen molar-refractivity contribution >= 4 is 29.0 Å². The van der Waals surface area contributed by atoms with Gasteiger partial charge in [-0.15, -0.1) is 11.3 Å². The van der Waals surface area contributed by atoms with Crippen LogP contribution in [0.5, 0.6) is 0 Å². The molecule has 0 aliphatic carbocycles. The van der Waals surface area contributed by atoms with E-state index >= 15 is 0 Å². The lowest BCUT2D eigenvalue weighted by Crippen LogP contribution is -2.37. The van der Waals surface area contributed by atoms with E-state index < -0.39 is 0 Å². The van der Waals surface area contributed by atoms with Crippen LogP contribution in [0.25, 0.3) is 0 Å². The molecule has 8 heteroatoms. The van der Waals surface area contributed by atoms with Gasteiger partial charge in [-0.3, -0.25) is 4.79 Å². The van der Waals surface area contributed by atoms with Crippen LogP contribution in [0.2, 0.25) is 0 Å². The number of rotatable bonds is 10. The van der Waals surface area contributed by atoms with Crippen LogP contribution < -0.4 is 10.6 Å². The van der Waals surface area contributed by atoms with Crippen LogP contribution in [0.3, 0.4) is 0 Å². The fourth-order valence-corrected chi connectivity index (χ4v) is 3.37. The van der Waals surface area contributed by atoms with Gasteiger partial charge in [-0.1, -0.05) is 32.0 Å². The van der Waals surface area contributed by atoms with Gasteiger partial charge in [-0.2, -0.15) is 0 Å². The summed E-state index contributed by atoms with van der Waals surface area (Å²) >= 11 is 1.37. The van der Waals surface area contributed by atoms with Gasteiger partial charge in [-0.05, 0) is 24.5 Å². The minimum atomic E-state index is -0.217. The van der Waals surface area contributed by atoms with Gasteiger partial charge < -0.3 is 20.3 Å². The Hall–Kier alpha value is -2.45. The summed E-state index contributed by atoms with van der Waals surface area (Å²) in [5.74, 6) is -0.186. The zero-order chi connectivity index (χ0) is 20.4. The number of carbonyl (C=O) groups excluding carboxylic acids is 2. The molecule has 0 bridgehead atoms. The van der Waals surface area contributed by atoms with Crippen LogP contribution in [0.1, 0.15) is 41.3 Å². The van der Waals surface area contributed by atoms with E-state index in [9.17, 15) is 9.59 Å². The molecular formula is C20H28N4O3S. The summed E-state index contributed by atoms with van der Waals surface area (Å²) in [6.07, 6.45) is 1.70. The lowest BCUT2D eigenvalue weighted by molar-refractivity contribution is 0.0949. The number of amides is 3. The van der Waals surface area contributed by atoms with E-state index in [0.29, 0.717) is 36.9 Å². The number of urea groups is 1. The molecule has 1 aromatic carbocycles. The number of thiazole rings is 1. The summed E-state index contributed by atoms with van der Waals surface area (Å²) < 4.78 is 5.14. The Kier molecular flexibility index (Phi) is 8.90. The molecular weight excluding hydrogens is 376 g/mol. The molecule has 1 aromatic heterocycles. The molecule has 152 valence electrons. The summed E-state index contributed by atoms with van der Waals surface area (Å²) in [5.41, 5.74) is 2.26. The first-order valence-electron chi connectivity index (χ1n) is 9.44. The molecule has 0 saturated heterocycles. The largest absolute Gasteiger partial charge is 0.383 e. The number of carbonyl (C=O) groups is 2. The van der Waals surface area contributed by atoms with Crippen molar-refractivity contribution in [3.63, 3.8) is 0 Å². The van der Waals surface area contributed by atoms with Crippen LogP contribution >= 0.6 is 11.3 Å². The maximum Gasteiger partial charge on any atom is 0.322 e. The van der Waals surface area contributed by atoms with E-state index in [0.717, 1.165) is 24.1 Å². The standard InChI is InChI=1S/C20H28N4O3S/c1-4-10-21-19(25)17-14-28-18(22-17)13-24(11-12-27-3)20(26)23-16-9-7-6-8-15(16)5-2/h6-9,14H,4-5,10-13H2,1-3H3,(H,21,25)(H,23,26). The van der Waals surface area contributed by atoms with Crippen LogP contribution in [0.4, 0.5) is 10.5 Å². The number of ether oxygens (including phenoxy) is 1. The van der Waals surface area contributed by atoms with E-state index in [2.05, 4.69) is 15.6 Å². The van der Waals surface area contributed by atoms with Gasteiger partial charge >= 0.3 is 6.03 Å². The van der Waals surface area contributed by atoms with Crippen LogP contribution in [0, 0.1) is 0 Å². The number of nitrogens with zero attached hydrogens (tertiary/aromatic N) is 2. The smallest absolute Gasteiger partial charge is 0.322 e. The average molecular weight is 405 g/mol. The fraction of sp³-hybridized carbons (Fsp3) is 0.450. The molecule has 2 rings (SSSR count). The van der Waals surface area contributed by atoms with Crippen molar-refractivity contribution in [1.82, 2.24) is 15.2 Å². The van der Waals surface area contributed by atoms with Gasteiger partial charge in [0.1, 0.15) is 10.7 Å². The van der Waals surface area contributed by atoms with Crippen molar-refractivity contribution in [1.29, 1.82) is 0 Å². The third kappa shape index (κ3) is 6.31. The summed E-state index contributed by atoms with van der Waals surface area (Å²) in [7, 11) is 1.60. The second-order valence-corrected chi connectivity index (χ2v) is 7.18. The SMILES string of the molecule is CCCNC(=O)c1csc(CN(CCOC)C(=O)Nc2ccccc2CC)n1. The highest BCUT2D eigenvalue weighted by molar-refractivity contribution is 7.09. The van der Waals surface area contributed by atoms with Crippen LogP contribution in [-0.2, 0) is 17.7 Å². The monoisotopic (exact) mass is 404 g/mol. The van der Waals surface area contributed by atoms with E-state index in [1.165, 1.54) is 11.3 Å². The first-order chi connectivity index (χ1) is 13.6. The second-order valence-electron chi connectivity index (χ2n) is 6.24. The molecule has 0 aliphatic heterocycles. The van der Waals surface area contributed by atoms with Gasteiger partial charge in [0.25, 0.3) is 5.91 Å². The maximum absolute atomic E-state index is 12.8. The molecule has 0 radical (unpaired) electrons. The van der Waals surface area contributed by atoms with E-state index in [4.69, 9.17) is 4.74 Å². The highest BCUT2D eigenvalue weighted by Gasteiger charge is 2.18. The number of aromatic nitrogens is 1. The fourth-order valence-electron chi connectivity index (χ4n) is 2.58. The molecule has 0 saturated carbocycles. The molecule has 28 heavy (non-hydrogen) atoms. The van der Waals surface area contributed by atoms with Crippen molar-refractivity contribution in [2.24, 2.45) is 0 Å². The first-order valence-corrected chi connectivity index (χ1v) is 10.3. The lowest BCUT2D eigenvalue weighted by Gasteiger charge is -2.22. The van der Waals surface area contributed by atoms with Gasteiger partial charge in [0.2, 0.25) is 0 Å². The van der Waals surface area contributed by atoms with Crippen molar-refractivity contribution in [3.8, 4) is 0 Å². The topological polar surface area (TPSA) is 83.6 Å². The summed E-state index contributed by atoms with van der Waals surface area (Å²) in [6.45, 7) is 5.82. The molecule has 1 heterocycles. The zero-order valence-electron chi connectivity index (χ0n) is 16.7. The van der Waals surface area contributed by atoms with Crippen molar-refractivity contribution in [3.05, 3.63) is 45.9 Å². The third-order valence-corrected chi connectivity index (χ3v) is 4.97. The van der Waals surface area contributed by atoms with Crippen LogP contribution in [0.15, 0.2) is 29.6 Å². The molecule has 0 atom stereocenters. The number of para-hydroxylation sites is 1. The average Bonchev–Trinajstić information content (AvgIpc) is 3.18. The minimum Gasteiger partial charge on any atom is -0.383 e. The van der Waals surface area contributed by atoms with Gasteiger partial charge in [-0.25, -0.2) is 9.78 Å². The van der Waals surface area contributed by atoms with Crippen LogP contribution in [-0.4, -0.2) is 48.6 Å². The maximum atomic E-state index is 12.8. The zero-order valence-corrected chi connectivity index (χ0v) is 17.5. The normalized spacial score (nSPS) is 10.5. The summed E-state index contributed by atoms with van der Waals surface area (Å²) in [5, 5.41) is 8.21. The predicted molar refractivity (Wildman–Crippen MR) is 112 cm³/mol. The molecule has 7 nitrogen and oxygen atoms in total. The Morgan fingerprint density at radius 1 is 1.25 bits per heavy atom. The number of aryl methyl sites for hydroxylation is 1. The lowest BCUT2D eigenvalue weighted by atomic mass is 10.1. The molecule has 0 unspecified atom stereocenters. The van der Waals surface area contributed by atoms with Gasteiger partial charge in [0, 0.05) is 31.3 Å². The second kappa shape index (κ2) is 11.4. The molecule has 0 fully saturated rings. The number of anilines is 1. The third-order valence-electron chi connectivity index (χ3n) is 4.14. The first kappa shape index (κ1) is 21.8. The number of hydrogen-bond acceptors (Lipinski definition) is 5. The highest BCUT2D eigenvalue weighted by atomic mass is 32.1. The minimum absolute atomic E-state index is 0.186. The molecule has 3 amide bonds. The van der Waals surface area contributed by atoms with Crippen molar-refractivity contribution in [2.45, 2.75) is 33.2 Å². The summed E-state index contributed by atoms with van der Waals surface area (Å²) in [6, 6.07) is 7.53. The molecule has 2 N–H and O–H groups in total. The van der Waals surface area contributed by atoms with E-state index in [-0.39, 0.29) is 11.9 Å². The Morgan fingerprint density at radius 2 is 2.04 bits per heavy atom. The Labute approximate surface area is 170 Å². The number of hydrogen-bond donors (Lipinski definition) is 2. The van der Waals surface area contributed by atoms with Gasteiger partial charge in [0.05, 0.1) is 13.2 Å². The Morgan fingerprint density at radius 3 is 2.75 bits per heavy atom. The Balaban J connectivity index is 2.07.